The van der Waals surface area contributed by atoms with Crippen molar-refractivity contribution in [3.8, 4) is 5.75 Å². The number of para-hydroxylation sites is 1. The number of benzene rings is 1. The van der Waals surface area contributed by atoms with E-state index in [-0.39, 0.29) is 5.75 Å². The van der Waals surface area contributed by atoms with Gasteiger partial charge in [-0.3, -0.25) is 16.8 Å². The minimum absolute atomic E-state index is 0.102. The Hall–Kier alpha value is -2.03. The first kappa shape index (κ1) is 24.0. The summed E-state index contributed by atoms with van der Waals surface area (Å²) in [6.07, 6.45) is -5.54. The third kappa shape index (κ3) is 5.50. The Bertz CT molecular complexity index is 848. The van der Waals surface area contributed by atoms with Crippen LogP contribution in [0.3, 0.4) is 0 Å². The summed E-state index contributed by atoms with van der Waals surface area (Å²) in [4.78, 5) is 11.5. The monoisotopic (exact) mass is 457 g/mol. The summed E-state index contributed by atoms with van der Waals surface area (Å²) in [7, 11) is -13.8. The first-order valence-electron chi connectivity index (χ1n) is 6.92. The molecule has 0 aliphatic carbocycles. The van der Waals surface area contributed by atoms with Crippen LogP contribution in [-0.4, -0.2) is 40.1 Å². The molecule has 0 aromatic heterocycles. The van der Waals surface area contributed by atoms with Gasteiger partial charge in [-0.25, -0.2) is 4.79 Å². The van der Waals surface area contributed by atoms with Crippen molar-refractivity contribution in [3.05, 3.63) is 34.9 Å². The summed E-state index contributed by atoms with van der Waals surface area (Å²) in [6, 6.07) is 6.89. The highest BCUT2D eigenvalue weighted by Crippen LogP contribution is 2.43. The van der Waals surface area contributed by atoms with Crippen LogP contribution in [-0.2, 0) is 24.4 Å². The summed E-state index contributed by atoms with van der Waals surface area (Å²) in [5.41, 5.74) is -12.7. The molecular formula is C13H11F6O7S2-. The van der Waals surface area contributed by atoms with Gasteiger partial charge in [-0.1, -0.05) is 22.8 Å². The zero-order valence-corrected chi connectivity index (χ0v) is 15.2. The number of hydrogen-bond donors (Lipinski definition) is 0. The van der Waals surface area contributed by atoms with E-state index >= 15 is 0 Å². The summed E-state index contributed by atoms with van der Waals surface area (Å²) < 4.78 is 127. The van der Waals surface area contributed by atoms with Gasteiger partial charge < -0.3 is 9.47 Å². The van der Waals surface area contributed by atoms with Gasteiger partial charge >= 0.3 is 17.2 Å². The van der Waals surface area contributed by atoms with E-state index in [4.69, 9.17) is 0 Å². The van der Waals surface area contributed by atoms with Crippen LogP contribution in [0, 0.1) is 4.58 Å². The highest BCUT2D eigenvalue weighted by molar-refractivity contribution is 8.13. The summed E-state index contributed by atoms with van der Waals surface area (Å²) in [5, 5.41) is 0. The maximum Gasteiger partial charge on any atom is 0.514 e. The van der Waals surface area contributed by atoms with Gasteiger partial charge in [0.15, 0.2) is 0 Å². The Balaban J connectivity index is 3.09. The molecule has 0 spiro atoms. The summed E-state index contributed by atoms with van der Waals surface area (Å²) >= 11 is 0. The zero-order chi connectivity index (χ0) is 22.0. The van der Waals surface area contributed by atoms with E-state index < -0.39 is 54.0 Å². The molecule has 1 aromatic carbocycles. The molecule has 0 fully saturated rings. The molecule has 1 atom stereocenters. The number of hydrogen-bond acceptors (Lipinski definition) is 7. The molecule has 15 heteroatoms. The molecule has 7 nitrogen and oxygen atoms in total. The second-order valence-electron chi connectivity index (χ2n) is 5.07. The molecule has 0 aliphatic rings. The van der Waals surface area contributed by atoms with Crippen LogP contribution < -0.4 is 4.74 Å². The molecule has 0 aliphatic heterocycles. The standard InChI is InChI=1S/C13H11F6O7S2/c1-8(25-11(20)26-9-5-3-2-4-6-9)7-10(27(21,22)12(14,15)16)28(23,24)13(17,18)19/h2-6,8H,7H2,1H3/q-1. The number of carbonyl (C=O) groups is 1. The first-order chi connectivity index (χ1) is 12.5. The number of carbonyl (C=O) groups excluding carboxylic acids is 1. The normalized spacial score (nSPS) is 14.6. The predicted octanol–water partition coefficient (Wildman–Crippen LogP) is 3.34. The predicted molar refractivity (Wildman–Crippen MR) is 80.8 cm³/mol. The van der Waals surface area contributed by atoms with Crippen LogP contribution >= 0.6 is 0 Å². The van der Waals surface area contributed by atoms with Crippen molar-refractivity contribution < 1.29 is 57.4 Å². The topological polar surface area (TPSA) is 104 Å². The van der Waals surface area contributed by atoms with Crippen LogP contribution in [0.4, 0.5) is 31.1 Å². The van der Waals surface area contributed by atoms with E-state index in [1.54, 1.807) is 0 Å². The lowest BCUT2D eigenvalue weighted by molar-refractivity contribution is -0.0458. The van der Waals surface area contributed by atoms with E-state index in [9.17, 15) is 48.0 Å². The molecule has 0 radical (unpaired) electrons. The minimum atomic E-state index is -6.89. The number of rotatable bonds is 6. The number of ether oxygens (including phenoxy) is 2. The van der Waals surface area contributed by atoms with E-state index in [0.717, 1.165) is 0 Å². The van der Waals surface area contributed by atoms with Gasteiger partial charge in [-0.15, -0.1) is 6.42 Å². The van der Waals surface area contributed by atoms with Gasteiger partial charge in [0, 0.05) is 0 Å². The third-order valence-electron chi connectivity index (χ3n) is 2.90. The van der Waals surface area contributed by atoms with Gasteiger partial charge in [0.25, 0.3) is 0 Å². The SMILES string of the molecule is CC(C[C-](S(=O)(=O)C(F)(F)F)S(=O)(=O)C(F)(F)F)OC(=O)Oc1ccccc1. The number of halogens is 6. The molecule has 0 N–H and O–H groups in total. The highest BCUT2D eigenvalue weighted by atomic mass is 32.3. The van der Waals surface area contributed by atoms with Crippen LogP contribution in [0.15, 0.2) is 30.3 Å². The maximum absolute atomic E-state index is 12.6. The van der Waals surface area contributed by atoms with E-state index in [1.807, 2.05) is 0 Å². The van der Waals surface area contributed by atoms with Crippen molar-refractivity contribution in [3.63, 3.8) is 0 Å². The second-order valence-corrected chi connectivity index (χ2v) is 9.25. The zero-order valence-electron chi connectivity index (χ0n) is 13.6. The van der Waals surface area contributed by atoms with Gasteiger partial charge in [0.1, 0.15) is 25.4 Å². The smallest absolute Gasteiger partial charge is 0.434 e. The second kappa shape index (κ2) is 8.14. The number of sulfone groups is 2. The Morgan fingerprint density at radius 3 is 1.79 bits per heavy atom. The van der Waals surface area contributed by atoms with Gasteiger partial charge in [0.05, 0.1) is 6.10 Å². The summed E-state index contributed by atoms with van der Waals surface area (Å²) in [5.74, 6) is -0.102. The molecule has 0 heterocycles. The fraction of sp³-hybridized carbons (Fsp3) is 0.385. The average molecular weight is 457 g/mol. The van der Waals surface area contributed by atoms with Gasteiger partial charge in [-0.05, 0) is 19.1 Å². The first-order valence-corrected chi connectivity index (χ1v) is 9.89. The van der Waals surface area contributed by atoms with Crippen LogP contribution in [0.1, 0.15) is 13.3 Å². The van der Waals surface area contributed by atoms with Crippen molar-refractivity contribution in [2.75, 3.05) is 0 Å². The molecule has 160 valence electrons. The lowest BCUT2D eigenvalue weighted by atomic mass is 10.3. The molecule has 1 unspecified atom stereocenters. The van der Waals surface area contributed by atoms with Crippen molar-refractivity contribution >= 4 is 25.8 Å². The molecular weight excluding hydrogens is 446 g/mol. The van der Waals surface area contributed by atoms with Crippen molar-refractivity contribution in [1.29, 1.82) is 0 Å². The Labute approximate surface area is 155 Å². The fourth-order valence-electron chi connectivity index (χ4n) is 1.67. The van der Waals surface area contributed by atoms with E-state index in [0.29, 0.717) is 6.92 Å². The molecule has 0 amide bonds. The quantitative estimate of drug-likeness (QED) is 0.279. The van der Waals surface area contributed by atoms with Crippen LogP contribution in [0.2, 0.25) is 0 Å². The van der Waals surface area contributed by atoms with Crippen molar-refractivity contribution in [2.24, 2.45) is 0 Å². The lowest BCUT2D eigenvalue weighted by Gasteiger charge is -2.33. The lowest BCUT2D eigenvalue weighted by Crippen LogP contribution is -2.41. The van der Waals surface area contributed by atoms with E-state index in [2.05, 4.69) is 9.47 Å². The largest absolute Gasteiger partial charge is 0.514 e. The Morgan fingerprint density at radius 2 is 1.39 bits per heavy atom. The van der Waals surface area contributed by atoms with Crippen LogP contribution in [0.25, 0.3) is 0 Å². The molecule has 0 bridgehead atoms. The third-order valence-corrected chi connectivity index (χ3v) is 6.97. The fourth-order valence-corrected chi connectivity index (χ4v) is 4.82. The molecule has 0 saturated carbocycles. The minimum Gasteiger partial charge on any atom is -0.434 e. The molecule has 1 rings (SSSR count). The highest BCUT2D eigenvalue weighted by Gasteiger charge is 2.54. The maximum atomic E-state index is 12.6. The number of alkyl halides is 6. The molecule has 1 aromatic rings. The molecule has 0 saturated heterocycles. The average Bonchev–Trinajstić information content (AvgIpc) is 2.50. The van der Waals surface area contributed by atoms with E-state index in [1.165, 1.54) is 30.3 Å². The molecule has 28 heavy (non-hydrogen) atoms. The van der Waals surface area contributed by atoms with Crippen molar-refractivity contribution in [2.45, 2.75) is 30.5 Å². The van der Waals surface area contributed by atoms with Gasteiger partial charge in [-0.2, -0.15) is 26.3 Å². The van der Waals surface area contributed by atoms with Gasteiger partial charge in [0.2, 0.25) is 0 Å². The summed E-state index contributed by atoms with van der Waals surface area (Å²) in [6.45, 7) is 0.685. The van der Waals surface area contributed by atoms with Crippen LogP contribution in [0.5, 0.6) is 5.75 Å². The Morgan fingerprint density at radius 1 is 0.964 bits per heavy atom. The Kier molecular flexibility index (Phi) is 6.98. The van der Waals surface area contributed by atoms with Crippen molar-refractivity contribution in [1.82, 2.24) is 0 Å².